The van der Waals surface area contributed by atoms with Crippen LogP contribution < -0.4 is 10.0 Å². The van der Waals surface area contributed by atoms with Gasteiger partial charge in [0.2, 0.25) is 15.9 Å². The van der Waals surface area contributed by atoms with E-state index in [1.807, 2.05) is 5.38 Å². The Labute approximate surface area is 180 Å². The summed E-state index contributed by atoms with van der Waals surface area (Å²) in [5.41, 5.74) is 0.943. The van der Waals surface area contributed by atoms with Crippen LogP contribution in [-0.2, 0) is 21.4 Å². The van der Waals surface area contributed by atoms with Crippen molar-refractivity contribution in [2.24, 2.45) is 5.92 Å². The average molecular weight is 457 g/mol. The van der Waals surface area contributed by atoms with Gasteiger partial charge in [-0.25, -0.2) is 18.1 Å². The molecule has 7 nitrogen and oxygen atoms in total. The zero-order valence-corrected chi connectivity index (χ0v) is 18.6. The highest BCUT2D eigenvalue weighted by Gasteiger charge is 2.19. The summed E-state index contributed by atoms with van der Waals surface area (Å²) in [7, 11) is -3.76. The second kappa shape index (κ2) is 9.99. The van der Waals surface area contributed by atoms with Crippen molar-refractivity contribution in [3.05, 3.63) is 40.4 Å². The maximum absolute atomic E-state index is 12.3. The van der Waals surface area contributed by atoms with Crippen molar-refractivity contribution in [3.63, 3.8) is 0 Å². The van der Waals surface area contributed by atoms with Crippen molar-refractivity contribution < 1.29 is 13.2 Å². The smallest absolute Gasteiger partial charge is 0.242 e. The molecule has 0 radical (unpaired) electrons. The molecule has 0 aliphatic carbocycles. The maximum atomic E-state index is 12.3. The molecule has 10 heteroatoms. The number of halogens is 1. The number of sulfonamides is 1. The third-order valence-corrected chi connectivity index (χ3v) is 7.46. The van der Waals surface area contributed by atoms with E-state index in [0.717, 1.165) is 25.3 Å². The van der Waals surface area contributed by atoms with Crippen LogP contribution in [0.5, 0.6) is 0 Å². The van der Waals surface area contributed by atoms with E-state index in [-0.39, 0.29) is 28.8 Å². The normalized spacial score (nSPS) is 17.9. The summed E-state index contributed by atoms with van der Waals surface area (Å²) in [5, 5.41) is 5.36. The second-order valence-electron chi connectivity index (χ2n) is 7.25. The number of likely N-dealkylation sites (tertiary alicyclic amines) is 1. The van der Waals surface area contributed by atoms with Gasteiger partial charge in [0, 0.05) is 31.4 Å². The fourth-order valence-corrected chi connectivity index (χ4v) is 5.58. The van der Waals surface area contributed by atoms with Crippen molar-refractivity contribution in [2.45, 2.75) is 37.6 Å². The predicted octanol–water partition coefficient (Wildman–Crippen LogP) is 3.34. The number of rotatable bonds is 8. The molecule has 2 aromatic rings. The van der Waals surface area contributed by atoms with Gasteiger partial charge in [0.15, 0.2) is 5.13 Å². The third kappa shape index (κ3) is 6.48. The van der Waals surface area contributed by atoms with Crippen LogP contribution in [0.3, 0.4) is 0 Å². The summed E-state index contributed by atoms with van der Waals surface area (Å²) >= 11 is 7.31. The number of piperidine rings is 1. The van der Waals surface area contributed by atoms with Crippen LogP contribution in [0.2, 0.25) is 5.02 Å². The topological polar surface area (TPSA) is 91.4 Å². The fourth-order valence-electron chi connectivity index (χ4n) is 3.32. The Kier molecular flexibility index (Phi) is 7.64. The molecule has 2 N–H and O–H groups in total. The van der Waals surface area contributed by atoms with E-state index in [1.54, 1.807) is 12.1 Å². The highest BCUT2D eigenvalue weighted by molar-refractivity contribution is 7.89. The molecule has 1 aliphatic rings. The van der Waals surface area contributed by atoms with E-state index in [2.05, 4.69) is 26.8 Å². The Balaban J connectivity index is 1.45. The third-order valence-electron chi connectivity index (χ3n) is 4.70. The number of thiazole rings is 1. The molecule has 158 valence electrons. The molecule has 29 heavy (non-hydrogen) atoms. The van der Waals surface area contributed by atoms with Gasteiger partial charge in [-0.2, -0.15) is 0 Å². The summed E-state index contributed by atoms with van der Waals surface area (Å²) in [6.45, 7) is 5.18. The lowest BCUT2D eigenvalue weighted by Gasteiger charge is -2.30. The first kappa shape index (κ1) is 22.2. The van der Waals surface area contributed by atoms with Crippen LogP contribution in [0.4, 0.5) is 5.13 Å². The van der Waals surface area contributed by atoms with E-state index < -0.39 is 10.0 Å². The quantitative estimate of drug-likeness (QED) is 0.635. The van der Waals surface area contributed by atoms with Crippen LogP contribution in [0, 0.1) is 5.92 Å². The van der Waals surface area contributed by atoms with Crippen LogP contribution in [0.15, 0.2) is 34.5 Å². The Morgan fingerprint density at radius 2 is 2.17 bits per heavy atom. The van der Waals surface area contributed by atoms with Crippen molar-refractivity contribution in [1.82, 2.24) is 14.6 Å². The summed E-state index contributed by atoms with van der Waals surface area (Å²) < 4.78 is 26.9. The predicted molar refractivity (Wildman–Crippen MR) is 116 cm³/mol. The Hall–Kier alpha value is -1.52. The lowest BCUT2D eigenvalue weighted by molar-refractivity contribution is -0.116. The van der Waals surface area contributed by atoms with E-state index in [4.69, 9.17) is 11.6 Å². The number of aromatic nitrogens is 1. The standard InChI is InChI=1S/C19H25ClN4O3S2/c1-14-5-4-10-24(11-14)12-15-13-28-19(22-15)23-18(25)8-9-21-29(26,27)17-7-3-2-6-16(17)20/h2-3,6-7,13-14,21H,4-5,8-12H2,1H3,(H,22,23,25). The minimum absolute atomic E-state index is 0.00123. The lowest BCUT2D eigenvalue weighted by atomic mass is 10.0. The first-order valence-corrected chi connectivity index (χ1v) is 12.3. The van der Waals surface area contributed by atoms with E-state index in [9.17, 15) is 13.2 Å². The van der Waals surface area contributed by atoms with E-state index in [0.29, 0.717) is 11.0 Å². The molecule has 1 aliphatic heterocycles. The summed E-state index contributed by atoms with van der Waals surface area (Å²) in [5.74, 6) is 0.412. The number of hydrogen-bond acceptors (Lipinski definition) is 6. The molecule has 2 heterocycles. The molecule has 0 spiro atoms. The van der Waals surface area contributed by atoms with Crippen molar-refractivity contribution in [3.8, 4) is 0 Å². The van der Waals surface area contributed by atoms with Gasteiger partial charge >= 0.3 is 0 Å². The number of nitrogens with one attached hydrogen (secondary N) is 2. The lowest BCUT2D eigenvalue weighted by Crippen LogP contribution is -2.33. The first-order chi connectivity index (χ1) is 13.8. The Morgan fingerprint density at radius 1 is 1.38 bits per heavy atom. The van der Waals surface area contributed by atoms with Crippen molar-refractivity contribution >= 4 is 44.0 Å². The average Bonchev–Trinajstić information content (AvgIpc) is 3.08. The number of anilines is 1. The van der Waals surface area contributed by atoms with Gasteiger partial charge in [-0.15, -0.1) is 11.3 Å². The van der Waals surface area contributed by atoms with Gasteiger partial charge in [-0.1, -0.05) is 30.7 Å². The monoisotopic (exact) mass is 456 g/mol. The molecule has 3 rings (SSSR count). The van der Waals surface area contributed by atoms with Crippen LogP contribution in [0.1, 0.15) is 31.9 Å². The second-order valence-corrected chi connectivity index (χ2v) is 10.3. The molecule has 1 saturated heterocycles. The van der Waals surface area contributed by atoms with Gasteiger partial charge in [-0.3, -0.25) is 9.69 Å². The molecular formula is C19H25ClN4O3S2. The SMILES string of the molecule is CC1CCCN(Cc2csc(NC(=O)CCNS(=O)(=O)c3ccccc3Cl)n2)C1. The fraction of sp³-hybridized carbons (Fsp3) is 0.474. The van der Waals surface area contributed by atoms with Crippen LogP contribution in [0.25, 0.3) is 0 Å². The molecule has 1 fully saturated rings. The molecule has 1 aromatic heterocycles. The molecule has 1 aromatic carbocycles. The van der Waals surface area contributed by atoms with Gasteiger partial charge in [0.25, 0.3) is 0 Å². The number of nitrogens with zero attached hydrogens (tertiary/aromatic N) is 2. The number of carbonyl (C=O) groups is 1. The van der Waals surface area contributed by atoms with E-state index in [1.165, 1.54) is 36.3 Å². The number of benzene rings is 1. The molecule has 1 atom stereocenters. The highest BCUT2D eigenvalue weighted by atomic mass is 35.5. The zero-order chi connectivity index (χ0) is 20.9. The van der Waals surface area contributed by atoms with Gasteiger partial charge in [-0.05, 0) is 37.4 Å². The molecule has 1 unspecified atom stereocenters. The zero-order valence-electron chi connectivity index (χ0n) is 16.2. The van der Waals surface area contributed by atoms with Gasteiger partial charge in [0.1, 0.15) is 4.90 Å². The van der Waals surface area contributed by atoms with Crippen molar-refractivity contribution in [2.75, 3.05) is 25.0 Å². The molecule has 1 amide bonds. The largest absolute Gasteiger partial charge is 0.302 e. The minimum atomic E-state index is -3.76. The molecule has 0 saturated carbocycles. The van der Waals surface area contributed by atoms with E-state index >= 15 is 0 Å². The van der Waals surface area contributed by atoms with Gasteiger partial charge < -0.3 is 5.32 Å². The first-order valence-electron chi connectivity index (χ1n) is 9.54. The summed E-state index contributed by atoms with van der Waals surface area (Å²) in [6.07, 6.45) is 2.48. The number of amides is 1. The highest BCUT2D eigenvalue weighted by Crippen LogP contribution is 2.22. The van der Waals surface area contributed by atoms with Gasteiger partial charge in [0.05, 0.1) is 10.7 Å². The Morgan fingerprint density at radius 3 is 2.93 bits per heavy atom. The van der Waals surface area contributed by atoms with Crippen molar-refractivity contribution in [1.29, 1.82) is 0 Å². The molecular weight excluding hydrogens is 432 g/mol. The number of hydrogen-bond donors (Lipinski definition) is 2. The summed E-state index contributed by atoms with van der Waals surface area (Å²) in [6, 6.07) is 6.18. The molecule has 0 bridgehead atoms. The minimum Gasteiger partial charge on any atom is -0.302 e. The van der Waals surface area contributed by atoms with Crippen LogP contribution in [-0.4, -0.2) is 43.8 Å². The van der Waals surface area contributed by atoms with Crippen LogP contribution >= 0.6 is 22.9 Å². The maximum Gasteiger partial charge on any atom is 0.242 e. The summed E-state index contributed by atoms with van der Waals surface area (Å²) in [4.78, 5) is 19.0. The Bertz CT molecular complexity index is 948. The number of carbonyl (C=O) groups excluding carboxylic acids is 1.